The van der Waals surface area contributed by atoms with Gasteiger partial charge >= 0.3 is 6.18 Å². The van der Waals surface area contributed by atoms with E-state index in [-0.39, 0.29) is 29.3 Å². The van der Waals surface area contributed by atoms with E-state index in [1.54, 1.807) is 4.90 Å². The quantitative estimate of drug-likeness (QED) is 0.904. The minimum absolute atomic E-state index is 0.0440. The van der Waals surface area contributed by atoms with Crippen molar-refractivity contribution in [1.82, 2.24) is 9.88 Å². The van der Waals surface area contributed by atoms with Crippen molar-refractivity contribution in [3.8, 4) is 5.88 Å². The third-order valence-electron chi connectivity index (χ3n) is 4.25. The van der Waals surface area contributed by atoms with Gasteiger partial charge in [0, 0.05) is 37.3 Å². The number of hydrogen-bond acceptors (Lipinski definition) is 4. The summed E-state index contributed by atoms with van der Waals surface area (Å²) in [6, 6.07) is 12.2. The summed E-state index contributed by atoms with van der Waals surface area (Å²) in [7, 11) is 0. The minimum atomic E-state index is -4.44. The number of pyridine rings is 1. The van der Waals surface area contributed by atoms with Crippen molar-refractivity contribution >= 4 is 5.91 Å². The molecule has 0 saturated carbocycles. The molecule has 2 N–H and O–H groups in total. The van der Waals surface area contributed by atoms with Crippen LogP contribution in [0.3, 0.4) is 0 Å². The number of alkyl halides is 3. The summed E-state index contributed by atoms with van der Waals surface area (Å²) in [6.07, 6.45) is -3.22. The van der Waals surface area contributed by atoms with Crippen LogP contribution < -0.4 is 10.5 Å². The van der Waals surface area contributed by atoms with Gasteiger partial charge in [-0.3, -0.25) is 4.79 Å². The number of halogens is 3. The zero-order valence-corrected chi connectivity index (χ0v) is 13.8. The molecular formula is C18H18F3N3O2. The van der Waals surface area contributed by atoms with Gasteiger partial charge in [0.15, 0.2) is 6.61 Å². The monoisotopic (exact) mass is 365 g/mol. The van der Waals surface area contributed by atoms with Crippen LogP contribution in [0.5, 0.6) is 5.88 Å². The van der Waals surface area contributed by atoms with E-state index in [9.17, 15) is 18.0 Å². The first-order valence-corrected chi connectivity index (χ1v) is 8.09. The van der Waals surface area contributed by atoms with Crippen LogP contribution in [-0.2, 0) is 0 Å². The lowest BCUT2D eigenvalue weighted by molar-refractivity contribution is -0.154. The second-order valence-corrected chi connectivity index (χ2v) is 6.18. The normalized spacial score (nSPS) is 20.2. The first-order valence-electron chi connectivity index (χ1n) is 8.09. The maximum absolute atomic E-state index is 12.6. The number of amides is 1. The van der Waals surface area contributed by atoms with E-state index in [1.807, 2.05) is 30.3 Å². The van der Waals surface area contributed by atoms with Crippen LogP contribution in [0.1, 0.15) is 21.8 Å². The highest BCUT2D eigenvalue weighted by atomic mass is 19.4. The summed E-state index contributed by atoms with van der Waals surface area (Å²) in [6.45, 7) is -0.534. The van der Waals surface area contributed by atoms with Crippen molar-refractivity contribution < 1.29 is 22.7 Å². The van der Waals surface area contributed by atoms with E-state index in [0.717, 1.165) is 5.56 Å². The van der Waals surface area contributed by atoms with Crippen LogP contribution in [0.15, 0.2) is 48.7 Å². The molecule has 1 fully saturated rings. The molecule has 2 atom stereocenters. The number of carbonyl (C=O) groups excluding carboxylic acids is 1. The minimum Gasteiger partial charge on any atom is -0.468 e. The van der Waals surface area contributed by atoms with Gasteiger partial charge in [-0.05, 0) is 11.6 Å². The van der Waals surface area contributed by atoms with E-state index in [1.165, 1.54) is 18.3 Å². The molecule has 0 aliphatic carbocycles. The first-order chi connectivity index (χ1) is 12.3. The molecule has 0 unspecified atom stereocenters. The van der Waals surface area contributed by atoms with Gasteiger partial charge < -0.3 is 15.4 Å². The summed E-state index contributed by atoms with van der Waals surface area (Å²) >= 11 is 0. The van der Waals surface area contributed by atoms with Gasteiger partial charge in [0.2, 0.25) is 5.88 Å². The maximum atomic E-state index is 12.6. The number of nitrogens with two attached hydrogens (primary N) is 1. The van der Waals surface area contributed by atoms with Crippen LogP contribution in [0.2, 0.25) is 0 Å². The molecule has 138 valence electrons. The number of benzene rings is 1. The van der Waals surface area contributed by atoms with E-state index < -0.39 is 12.8 Å². The zero-order chi connectivity index (χ0) is 18.7. The Labute approximate surface area is 148 Å². The van der Waals surface area contributed by atoms with Gasteiger partial charge in [-0.1, -0.05) is 30.3 Å². The molecule has 1 aromatic carbocycles. The number of likely N-dealkylation sites (tertiary alicyclic amines) is 1. The predicted octanol–water partition coefficient (Wildman–Crippen LogP) is 2.59. The third-order valence-corrected chi connectivity index (χ3v) is 4.25. The highest BCUT2D eigenvalue weighted by molar-refractivity contribution is 5.94. The Morgan fingerprint density at radius 3 is 2.54 bits per heavy atom. The van der Waals surface area contributed by atoms with Gasteiger partial charge in [-0.25, -0.2) is 4.98 Å². The van der Waals surface area contributed by atoms with Crippen LogP contribution in [0, 0.1) is 0 Å². The van der Waals surface area contributed by atoms with Gasteiger partial charge in [0.1, 0.15) is 0 Å². The second kappa shape index (κ2) is 7.33. The SMILES string of the molecule is N[C@@H]1CN(C(=O)c2ccc(OCC(F)(F)F)nc2)C[C@H]1c1ccccc1. The highest BCUT2D eigenvalue weighted by Crippen LogP contribution is 2.27. The average molecular weight is 365 g/mol. The Balaban J connectivity index is 1.64. The van der Waals surface area contributed by atoms with E-state index in [4.69, 9.17) is 5.73 Å². The smallest absolute Gasteiger partial charge is 0.422 e. The molecule has 8 heteroatoms. The van der Waals surface area contributed by atoms with Crippen molar-refractivity contribution in [2.75, 3.05) is 19.7 Å². The number of ether oxygens (including phenoxy) is 1. The Kier molecular flexibility index (Phi) is 5.13. The molecule has 2 heterocycles. The molecule has 1 aliphatic heterocycles. The van der Waals surface area contributed by atoms with Gasteiger partial charge in [0.25, 0.3) is 5.91 Å². The molecule has 5 nitrogen and oxygen atoms in total. The molecule has 2 aromatic rings. The molecule has 3 rings (SSSR count). The summed E-state index contributed by atoms with van der Waals surface area (Å²) in [4.78, 5) is 18.0. The van der Waals surface area contributed by atoms with E-state index >= 15 is 0 Å². The number of carbonyl (C=O) groups is 1. The Morgan fingerprint density at radius 1 is 1.19 bits per heavy atom. The summed E-state index contributed by atoms with van der Waals surface area (Å²) in [5, 5.41) is 0. The number of hydrogen-bond donors (Lipinski definition) is 1. The van der Waals surface area contributed by atoms with Crippen LogP contribution in [0.4, 0.5) is 13.2 Å². The molecule has 26 heavy (non-hydrogen) atoms. The topological polar surface area (TPSA) is 68.5 Å². The van der Waals surface area contributed by atoms with Crippen molar-refractivity contribution in [2.45, 2.75) is 18.1 Å². The lowest BCUT2D eigenvalue weighted by atomic mass is 9.95. The zero-order valence-electron chi connectivity index (χ0n) is 13.8. The largest absolute Gasteiger partial charge is 0.468 e. The van der Waals surface area contributed by atoms with Gasteiger partial charge in [-0.2, -0.15) is 13.2 Å². The molecule has 1 aromatic heterocycles. The highest BCUT2D eigenvalue weighted by Gasteiger charge is 2.34. The van der Waals surface area contributed by atoms with Crippen LogP contribution >= 0.6 is 0 Å². The van der Waals surface area contributed by atoms with Gasteiger partial charge in [-0.15, -0.1) is 0 Å². The van der Waals surface area contributed by atoms with E-state index in [0.29, 0.717) is 13.1 Å². The fourth-order valence-corrected chi connectivity index (χ4v) is 2.98. The fourth-order valence-electron chi connectivity index (χ4n) is 2.98. The fraction of sp³-hybridized carbons (Fsp3) is 0.333. The van der Waals surface area contributed by atoms with Crippen molar-refractivity contribution in [3.05, 3.63) is 59.8 Å². The number of nitrogens with zero attached hydrogens (tertiary/aromatic N) is 2. The summed E-state index contributed by atoms with van der Waals surface area (Å²) < 4.78 is 41.0. The van der Waals surface area contributed by atoms with Crippen molar-refractivity contribution in [3.63, 3.8) is 0 Å². The summed E-state index contributed by atoms with van der Waals surface area (Å²) in [5.41, 5.74) is 7.54. The Morgan fingerprint density at radius 2 is 1.92 bits per heavy atom. The molecular weight excluding hydrogens is 347 g/mol. The lowest BCUT2D eigenvalue weighted by Gasteiger charge is -2.16. The number of rotatable bonds is 4. The molecule has 1 amide bonds. The Bertz CT molecular complexity index is 751. The van der Waals surface area contributed by atoms with Crippen molar-refractivity contribution in [2.24, 2.45) is 5.73 Å². The van der Waals surface area contributed by atoms with Crippen LogP contribution in [0.25, 0.3) is 0 Å². The predicted molar refractivity (Wildman–Crippen MR) is 88.8 cm³/mol. The summed E-state index contributed by atoms with van der Waals surface area (Å²) in [5.74, 6) is -0.393. The van der Waals surface area contributed by atoms with Crippen LogP contribution in [-0.4, -0.2) is 47.7 Å². The first kappa shape index (κ1) is 18.2. The van der Waals surface area contributed by atoms with E-state index in [2.05, 4.69) is 9.72 Å². The Hall–Kier alpha value is -2.61. The molecule has 0 bridgehead atoms. The maximum Gasteiger partial charge on any atom is 0.422 e. The molecule has 1 saturated heterocycles. The third kappa shape index (κ3) is 4.32. The average Bonchev–Trinajstić information content (AvgIpc) is 3.02. The standard InChI is InChI=1S/C18H18F3N3O2/c19-18(20,21)11-26-16-7-6-13(8-23-16)17(25)24-9-14(15(22)10-24)12-4-2-1-3-5-12/h1-8,14-15H,9-11,22H2/t14-,15+/m0/s1. The van der Waals surface area contributed by atoms with Gasteiger partial charge in [0.05, 0.1) is 5.56 Å². The molecule has 0 spiro atoms. The van der Waals surface area contributed by atoms with Crippen molar-refractivity contribution in [1.29, 1.82) is 0 Å². The lowest BCUT2D eigenvalue weighted by Crippen LogP contribution is -2.32. The molecule has 1 aliphatic rings. The molecule has 0 radical (unpaired) electrons. The second-order valence-electron chi connectivity index (χ2n) is 6.18. The number of aromatic nitrogens is 1.